The molecule has 0 radical (unpaired) electrons. The van der Waals surface area contributed by atoms with E-state index in [4.69, 9.17) is 10.5 Å². The van der Waals surface area contributed by atoms with Crippen LogP contribution in [0, 0.1) is 12.8 Å². The summed E-state index contributed by atoms with van der Waals surface area (Å²) in [4.78, 5) is 8.53. The number of ether oxygens (including phenoxy) is 1. The molecule has 17 heavy (non-hydrogen) atoms. The molecule has 2 aliphatic rings. The molecular weight excluding hydrogens is 216 g/mol. The lowest BCUT2D eigenvalue weighted by molar-refractivity contribution is -0.104. The lowest BCUT2D eigenvalue weighted by atomic mass is 9.69. The van der Waals surface area contributed by atoms with Crippen molar-refractivity contribution in [2.75, 3.05) is 11.9 Å². The molecule has 2 fully saturated rings. The fourth-order valence-electron chi connectivity index (χ4n) is 2.79. The predicted molar refractivity (Wildman–Crippen MR) is 64.6 cm³/mol. The summed E-state index contributed by atoms with van der Waals surface area (Å²) in [6.07, 6.45) is 4.30. The van der Waals surface area contributed by atoms with E-state index in [1.54, 1.807) is 6.20 Å². The van der Waals surface area contributed by atoms with E-state index in [1.807, 2.05) is 13.0 Å². The number of nitrogens with one attached hydrogen (secondary N) is 1. The zero-order chi connectivity index (χ0) is 11.8. The Morgan fingerprint density at radius 2 is 2.41 bits per heavy atom. The highest BCUT2D eigenvalue weighted by atomic mass is 16.5. The van der Waals surface area contributed by atoms with Crippen molar-refractivity contribution < 1.29 is 4.74 Å². The maximum Gasteiger partial charge on any atom is 0.223 e. The Hall–Kier alpha value is -1.20. The first-order valence-electron chi connectivity index (χ1n) is 6.19. The standard InChI is InChI=1S/C12H18N4O/c1-7-4-5-14-12(15-7)16-10-9(13)8-3-2-6-17-11(8)10/h4-5,8-11H,2-3,6,13H2,1H3,(H,14,15,16). The van der Waals surface area contributed by atoms with E-state index < -0.39 is 0 Å². The third kappa shape index (κ3) is 1.89. The van der Waals surface area contributed by atoms with Gasteiger partial charge in [0.15, 0.2) is 0 Å². The first-order valence-corrected chi connectivity index (χ1v) is 6.19. The van der Waals surface area contributed by atoms with Crippen molar-refractivity contribution in [3.63, 3.8) is 0 Å². The summed E-state index contributed by atoms with van der Waals surface area (Å²) >= 11 is 0. The molecule has 3 rings (SSSR count). The van der Waals surface area contributed by atoms with E-state index in [-0.39, 0.29) is 18.2 Å². The van der Waals surface area contributed by atoms with Crippen molar-refractivity contribution in [2.24, 2.45) is 11.7 Å². The summed E-state index contributed by atoms with van der Waals surface area (Å²) in [5.41, 5.74) is 7.12. The van der Waals surface area contributed by atoms with Gasteiger partial charge in [-0.2, -0.15) is 0 Å². The quantitative estimate of drug-likeness (QED) is 0.788. The Balaban J connectivity index is 1.69. The van der Waals surface area contributed by atoms with Crippen molar-refractivity contribution in [1.82, 2.24) is 9.97 Å². The van der Waals surface area contributed by atoms with Gasteiger partial charge < -0.3 is 15.8 Å². The van der Waals surface area contributed by atoms with Gasteiger partial charge in [0.05, 0.1) is 12.1 Å². The number of rotatable bonds is 2. The van der Waals surface area contributed by atoms with Crippen LogP contribution in [0.1, 0.15) is 18.5 Å². The molecule has 0 bridgehead atoms. The van der Waals surface area contributed by atoms with Crippen LogP contribution in [0.5, 0.6) is 0 Å². The summed E-state index contributed by atoms with van der Waals surface area (Å²) in [5, 5.41) is 3.30. The molecule has 3 N–H and O–H groups in total. The number of aromatic nitrogens is 2. The van der Waals surface area contributed by atoms with Crippen molar-refractivity contribution in [2.45, 2.75) is 38.0 Å². The van der Waals surface area contributed by atoms with Crippen LogP contribution in [0.15, 0.2) is 12.3 Å². The number of anilines is 1. The van der Waals surface area contributed by atoms with Gasteiger partial charge in [-0.15, -0.1) is 0 Å². The molecule has 4 unspecified atom stereocenters. The maximum atomic E-state index is 6.17. The lowest BCUT2D eigenvalue weighted by Crippen LogP contribution is -2.69. The molecular formula is C12H18N4O. The van der Waals surface area contributed by atoms with Gasteiger partial charge in [-0.1, -0.05) is 0 Å². The molecule has 1 saturated heterocycles. The number of nitrogens with zero attached hydrogens (tertiary/aromatic N) is 2. The third-order valence-electron chi connectivity index (χ3n) is 3.77. The highest BCUT2D eigenvalue weighted by Gasteiger charge is 2.50. The first-order chi connectivity index (χ1) is 8.25. The Labute approximate surface area is 101 Å². The molecule has 1 aromatic heterocycles. The van der Waals surface area contributed by atoms with Crippen LogP contribution in [-0.4, -0.2) is 34.8 Å². The second-order valence-electron chi connectivity index (χ2n) is 4.91. The van der Waals surface area contributed by atoms with E-state index in [1.165, 1.54) is 6.42 Å². The fourth-order valence-corrected chi connectivity index (χ4v) is 2.79. The molecule has 4 atom stereocenters. The van der Waals surface area contributed by atoms with E-state index in [0.29, 0.717) is 11.9 Å². The van der Waals surface area contributed by atoms with Gasteiger partial charge in [-0.05, 0) is 25.8 Å². The van der Waals surface area contributed by atoms with Crippen LogP contribution < -0.4 is 11.1 Å². The molecule has 0 aromatic carbocycles. The van der Waals surface area contributed by atoms with E-state index in [2.05, 4.69) is 15.3 Å². The van der Waals surface area contributed by atoms with Crippen molar-refractivity contribution in [3.05, 3.63) is 18.0 Å². The van der Waals surface area contributed by atoms with Crippen LogP contribution in [0.2, 0.25) is 0 Å². The average Bonchev–Trinajstić information content (AvgIpc) is 2.36. The van der Waals surface area contributed by atoms with Crippen molar-refractivity contribution in [3.8, 4) is 0 Å². The van der Waals surface area contributed by atoms with Crippen molar-refractivity contribution >= 4 is 5.95 Å². The summed E-state index contributed by atoms with van der Waals surface area (Å²) in [6.45, 7) is 2.80. The molecule has 92 valence electrons. The summed E-state index contributed by atoms with van der Waals surface area (Å²) in [5.74, 6) is 1.16. The van der Waals surface area contributed by atoms with Gasteiger partial charge in [0.25, 0.3) is 0 Å². The Morgan fingerprint density at radius 1 is 1.53 bits per heavy atom. The maximum absolute atomic E-state index is 6.17. The number of nitrogens with two attached hydrogens (primary N) is 1. The van der Waals surface area contributed by atoms with Crippen LogP contribution in [-0.2, 0) is 4.74 Å². The highest BCUT2D eigenvalue weighted by molar-refractivity contribution is 5.31. The minimum atomic E-state index is 0.155. The van der Waals surface area contributed by atoms with E-state index >= 15 is 0 Å². The third-order valence-corrected chi connectivity index (χ3v) is 3.77. The highest BCUT2D eigenvalue weighted by Crippen LogP contribution is 2.38. The monoisotopic (exact) mass is 234 g/mol. The zero-order valence-corrected chi connectivity index (χ0v) is 9.97. The molecule has 1 saturated carbocycles. The van der Waals surface area contributed by atoms with E-state index in [0.717, 1.165) is 18.7 Å². The molecule has 1 aliphatic heterocycles. The van der Waals surface area contributed by atoms with E-state index in [9.17, 15) is 0 Å². The summed E-state index contributed by atoms with van der Waals surface area (Å²) in [7, 11) is 0. The normalized spacial score (nSPS) is 35.9. The molecule has 2 heterocycles. The van der Waals surface area contributed by atoms with Crippen LogP contribution in [0.4, 0.5) is 5.95 Å². The number of hydrogen-bond acceptors (Lipinski definition) is 5. The zero-order valence-electron chi connectivity index (χ0n) is 9.97. The topological polar surface area (TPSA) is 73.1 Å². The summed E-state index contributed by atoms with van der Waals surface area (Å²) < 4.78 is 5.76. The Morgan fingerprint density at radius 3 is 3.24 bits per heavy atom. The van der Waals surface area contributed by atoms with Crippen molar-refractivity contribution in [1.29, 1.82) is 0 Å². The molecule has 1 aromatic rings. The van der Waals surface area contributed by atoms with Gasteiger partial charge >= 0.3 is 0 Å². The van der Waals surface area contributed by atoms with Crippen LogP contribution in [0.3, 0.4) is 0 Å². The van der Waals surface area contributed by atoms with Gasteiger partial charge in [0.2, 0.25) is 5.95 Å². The number of fused-ring (bicyclic) bond motifs is 1. The SMILES string of the molecule is Cc1ccnc(NC2C(N)C3CCCOC32)n1. The number of hydrogen-bond donors (Lipinski definition) is 2. The minimum absolute atomic E-state index is 0.155. The van der Waals surface area contributed by atoms with Crippen LogP contribution in [0.25, 0.3) is 0 Å². The first kappa shape index (κ1) is 10.9. The predicted octanol–water partition coefficient (Wildman–Crippen LogP) is 0.702. The minimum Gasteiger partial charge on any atom is -0.376 e. The average molecular weight is 234 g/mol. The lowest BCUT2D eigenvalue weighted by Gasteiger charge is -2.52. The molecule has 5 nitrogen and oxygen atoms in total. The second kappa shape index (κ2) is 4.23. The van der Waals surface area contributed by atoms with Gasteiger partial charge in [-0.25, -0.2) is 9.97 Å². The second-order valence-corrected chi connectivity index (χ2v) is 4.91. The van der Waals surface area contributed by atoms with Gasteiger partial charge in [-0.3, -0.25) is 0 Å². The molecule has 0 amide bonds. The molecule has 1 aliphatic carbocycles. The van der Waals surface area contributed by atoms with Gasteiger partial charge in [0.1, 0.15) is 0 Å². The Bertz CT molecular complexity index is 411. The fraction of sp³-hybridized carbons (Fsp3) is 0.667. The summed E-state index contributed by atoms with van der Waals surface area (Å²) in [6, 6.07) is 2.19. The molecule has 0 spiro atoms. The largest absolute Gasteiger partial charge is 0.376 e. The molecule has 5 heteroatoms. The number of aryl methyl sites for hydroxylation is 1. The smallest absolute Gasteiger partial charge is 0.223 e. The Kier molecular flexibility index (Phi) is 2.72. The van der Waals surface area contributed by atoms with Crippen LogP contribution >= 0.6 is 0 Å². The van der Waals surface area contributed by atoms with Gasteiger partial charge in [0, 0.05) is 30.5 Å².